The maximum atomic E-state index is 12.6. The summed E-state index contributed by atoms with van der Waals surface area (Å²) in [6.07, 6.45) is -0.0774. The number of carbonyl (C=O) groups excluding carboxylic acids is 1. The monoisotopic (exact) mass is 301 g/mol. The molecule has 1 saturated heterocycles. The van der Waals surface area contributed by atoms with Gasteiger partial charge in [0.05, 0.1) is 23.7 Å². The van der Waals surface area contributed by atoms with E-state index in [9.17, 15) is 4.79 Å². The number of nitrogens with zero attached hydrogens (tertiary/aromatic N) is 1. The van der Waals surface area contributed by atoms with Crippen LogP contribution in [-0.4, -0.2) is 30.5 Å². The number of hydrogen-bond acceptors (Lipinski definition) is 2. The fourth-order valence-corrected chi connectivity index (χ4v) is 2.72. The molecule has 3 rings (SSSR count). The first-order valence-electron chi connectivity index (χ1n) is 6.96. The molecule has 1 atom stereocenters. The molecule has 0 bridgehead atoms. The quantitative estimate of drug-likeness (QED) is 0.849. The van der Waals surface area contributed by atoms with E-state index in [1.165, 1.54) is 0 Å². The molecule has 2 aromatic carbocycles. The van der Waals surface area contributed by atoms with Crippen LogP contribution in [0.25, 0.3) is 0 Å². The van der Waals surface area contributed by atoms with Crippen molar-refractivity contribution in [1.82, 2.24) is 4.90 Å². The summed E-state index contributed by atoms with van der Waals surface area (Å²) in [5, 5.41) is 0.491. The summed E-state index contributed by atoms with van der Waals surface area (Å²) in [6, 6.07) is 17.1. The predicted molar refractivity (Wildman–Crippen MR) is 82.5 cm³/mol. The Kier molecular flexibility index (Phi) is 4.23. The van der Waals surface area contributed by atoms with Crippen LogP contribution >= 0.6 is 11.6 Å². The third-order valence-corrected chi connectivity index (χ3v) is 3.96. The van der Waals surface area contributed by atoms with E-state index in [4.69, 9.17) is 16.3 Å². The summed E-state index contributed by atoms with van der Waals surface area (Å²) < 4.78 is 5.78. The van der Waals surface area contributed by atoms with E-state index in [1.54, 1.807) is 12.1 Å². The lowest BCUT2D eigenvalue weighted by Crippen LogP contribution is -2.42. The van der Waals surface area contributed by atoms with Gasteiger partial charge in [-0.1, -0.05) is 54.1 Å². The molecule has 1 amide bonds. The highest BCUT2D eigenvalue weighted by Gasteiger charge is 2.26. The molecule has 0 aliphatic carbocycles. The van der Waals surface area contributed by atoms with Gasteiger partial charge in [0.25, 0.3) is 5.91 Å². The molecule has 108 valence electrons. The van der Waals surface area contributed by atoms with Crippen molar-refractivity contribution in [2.45, 2.75) is 6.10 Å². The minimum atomic E-state index is -0.0774. The van der Waals surface area contributed by atoms with Gasteiger partial charge in [0, 0.05) is 6.54 Å². The van der Waals surface area contributed by atoms with Crippen molar-refractivity contribution < 1.29 is 9.53 Å². The van der Waals surface area contributed by atoms with Gasteiger partial charge in [0.2, 0.25) is 0 Å². The molecular weight excluding hydrogens is 286 g/mol. The van der Waals surface area contributed by atoms with Crippen molar-refractivity contribution in [2.24, 2.45) is 0 Å². The second-order valence-corrected chi connectivity index (χ2v) is 5.41. The van der Waals surface area contributed by atoms with Crippen molar-refractivity contribution >= 4 is 17.5 Å². The number of benzene rings is 2. The largest absolute Gasteiger partial charge is 0.370 e. The molecule has 2 aromatic rings. The minimum absolute atomic E-state index is 0.0372. The molecule has 3 nitrogen and oxygen atoms in total. The molecule has 0 N–H and O–H groups in total. The maximum Gasteiger partial charge on any atom is 0.255 e. The van der Waals surface area contributed by atoms with E-state index in [1.807, 2.05) is 47.4 Å². The SMILES string of the molecule is O=C(c1ccccc1Cl)N1CCO[C@@H](c2ccccc2)C1. The lowest BCUT2D eigenvalue weighted by molar-refractivity contribution is -0.0228. The van der Waals surface area contributed by atoms with Gasteiger partial charge in [0.15, 0.2) is 0 Å². The summed E-state index contributed by atoms with van der Waals surface area (Å²) in [6.45, 7) is 1.68. The van der Waals surface area contributed by atoms with E-state index in [0.29, 0.717) is 30.3 Å². The van der Waals surface area contributed by atoms with Crippen molar-refractivity contribution in [3.8, 4) is 0 Å². The zero-order valence-electron chi connectivity index (χ0n) is 11.5. The molecule has 4 heteroatoms. The van der Waals surface area contributed by atoms with Gasteiger partial charge in [-0.25, -0.2) is 0 Å². The Morgan fingerprint density at radius 2 is 1.81 bits per heavy atom. The first kappa shape index (κ1) is 14.1. The average Bonchev–Trinajstić information content (AvgIpc) is 2.56. The summed E-state index contributed by atoms with van der Waals surface area (Å²) in [4.78, 5) is 14.4. The maximum absolute atomic E-state index is 12.6. The first-order valence-corrected chi connectivity index (χ1v) is 7.34. The molecule has 0 radical (unpaired) electrons. The highest BCUT2D eigenvalue weighted by atomic mass is 35.5. The number of ether oxygens (including phenoxy) is 1. The van der Waals surface area contributed by atoms with Gasteiger partial charge in [-0.2, -0.15) is 0 Å². The molecule has 0 saturated carbocycles. The van der Waals surface area contributed by atoms with Gasteiger partial charge in [-0.15, -0.1) is 0 Å². The Balaban J connectivity index is 1.77. The smallest absolute Gasteiger partial charge is 0.255 e. The van der Waals surface area contributed by atoms with Gasteiger partial charge in [0.1, 0.15) is 6.10 Å². The van der Waals surface area contributed by atoms with E-state index >= 15 is 0 Å². The highest BCUT2D eigenvalue weighted by molar-refractivity contribution is 6.33. The second kappa shape index (κ2) is 6.29. The number of halogens is 1. The Hall–Kier alpha value is -1.84. The molecule has 1 fully saturated rings. The molecule has 0 unspecified atom stereocenters. The van der Waals surface area contributed by atoms with E-state index in [0.717, 1.165) is 5.56 Å². The lowest BCUT2D eigenvalue weighted by atomic mass is 10.1. The number of rotatable bonds is 2. The number of morpholine rings is 1. The zero-order valence-corrected chi connectivity index (χ0v) is 12.3. The van der Waals surface area contributed by atoms with Crippen molar-refractivity contribution in [1.29, 1.82) is 0 Å². The third kappa shape index (κ3) is 3.09. The molecule has 0 spiro atoms. The summed E-state index contributed by atoms with van der Waals surface area (Å²) >= 11 is 6.11. The van der Waals surface area contributed by atoms with Crippen LogP contribution in [0.4, 0.5) is 0 Å². The Bertz CT molecular complexity index is 630. The predicted octanol–water partition coefficient (Wildman–Crippen LogP) is 3.55. The van der Waals surface area contributed by atoms with Gasteiger partial charge in [-0.05, 0) is 17.7 Å². The standard InChI is InChI=1S/C17H16ClNO2/c18-15-9-5-4-8-14(15)17(20)19-10-11-21-16(12-19)13-6-2-1-3-7-13/h1-9,16H,10-12H2/t16-/m1/s1. The topological polar surface area (TPSA) is 29.5 Å². The van der Waals surface area contributed by atoms with Crippen LogP contribution in [0.1, 0.15) is 22.0 Å². The Morgan fingerprint density at radius 1 is 1.10 bits per heavy atom. The molecule has 1 heterocycles. The normalized spacial score (nSPS) is 18.5. The van der Waals surface area contributed by atoms with Gasteiger partial charge in [-0.3, -0.25) is 4.79 Å². The Labute approximate surface area is 129 Å². The minimum Gasteiger partial charge on any atom is -0.370 e. The first-order chi connectivity index (χ1) is 10.3. The zero-order chi connectivity index (χ0) is 14.7. The van der Waals surface area contributed by atoms with Crippen LogP contribution < -0.4 is 0 Å². The van der Waals surface area contributed by atoms with Crippen LogP contribution in [-0.2, 0) is 4.74 Å². The van der Waals surface area contributed by atoms with Gasteiger partial charge < -0.3 is 9.64 Å². The van der Waals surface area contributed by atoms with E-state index in [-0.39, 0.29) is 12.0 Å². The highest BCUT2D eigenvalue weighted by Crippen LogP contribution is 2.24. The van der Waals surface area contributed by atoms with Crippen LogP contribution in [0.5, 0.6) is 0 Å². The van der Waals surface area contributed by atoms with Crippen LogP contribution in [0.15, 0.2) is 54.6 Å². The lowest BCUT2D eigenvalue weighted by Gasteiger charge is -2.33. The fraction of sp³-hybridized carbons (Fsp3) is 0.235. The molecule has 21 heavy (non-hydrogen) atoms. The third-order valence-electron chi connectivity index (χ3n) is 3.63. The Morgan fingerprint density at radius 3 is 2.57 bits per heavy atom. The number of hydrogen-bond donors (Lipinski definition) is 0. The second-order valence-electron chi connectivity index (χ2n) is 5.00. The fourth-order valence-electron chi connectivity index (χ4n) is 2.51. The number of amides is 1. The van der Waals surface area contributed by atoms with Crippen LogP contribution in [0, 0.1) is 0 Å². The summed E-state index contributed by atoms with van der Waals surface area (Å²) in [7, 11) is 0. The molecular formula is C17H16ClNO2. The van der Waals surface area contributed by atoms with E-state index in [2.05, 4.69) is 0 Å². The van der Waals surface area contributed by atoms with Gasteiger partial charge >= 0.3 is 0 Å². The molecule has 0 aromatic heterocycles. The van der Waals surface area contributed by atoms with E-state index < -0.39 is 0 Å². The summed E-state index contributed by atoms with van der Waals surface area (Å²) in [5.74, 6) is -0.0372. The van der Waals surface area contributed by atoms with Crippen LogP contribution in [0.3, 0.4) is 0 Å². The molecule has 1 aliphatic heterocycles. The summed E-state index contributed by atoms with van der Waals surface area (Å²) in [5.41, 5.74) is 1.64. The van der Waals surface area contributed by atoms with Crippen molar-refractivity contribution in [3.05, 3.63) is 70.7 Å². The molecule has 1 aliphatic rings. The number of carbonyl (C=O) groups is 1. The van der Waals surface area contributed by atoms with Crippen molar-refractivity contribution in [3.63, 3.8) is 0 Å². The average molecular weight is 302 g/mol. The van der Waals surface area contributed by atoms with Crippen LogP contribution in [0.2, 0.25) is 5.02 Å². The van der Waals surface area contributed by atoms with Crippen molar-refractivity contribution in [2.75, 3.05) is 19.7 Å².